The normalized spacial score (nSPS) is 18.7. The van der Waals surface area contributed by atoms with Gasteiger partial charge in [-0.3, -0.25) is 10.1 Å². The zero-order valence-corrected chi connectivity index (χ0v) is 12.3. The Bertz CT molecular complexity index is 261. The van der Waals surface area contributed by atoms with Crippen molar-refractivity contribution in [2.24, 2.45) is 0 Å². The summed E-state index contributed by atoms with van der Waals surface area (Å²) in [6, 6.07) is 0.499. The quantitative estimate of drug-likeness (QED) is 0.639. The smallest absolute Gasteiger partial charge is 0.327 e. The third-order valence-corrected chi connectivity index (χ3v) is 3.36. The van der Waals surface area contributed by atoms with Gasteiger partial charge in [-0.25, -0.2) is 0 Å². The fraction of sp³-hybridized carbons (Fsp3) is 0.929. The molecule has 1 aliphatic rings. The van der Waals surface area contributed by atoms with Gasteiger partial charge >= 0.3 is 5.97 Å². The summed E-state index contributed by atoms with van der Waals surface area (Å²) in [5.74, 6) is -0.147. The second kappa shape index (κ2) is 7.10. The van der Waals surface area contributed by atoms with Gasteiger partial charge in [0.2, 0.25) is 0 Å². The Hall–Kier alpha value is -0.610. The predicted molar refractivity (Wildman–Crippen MR) is 73.6 cm³/mol. The number of hydrogen-bond acceptors (Lipinski definition) is 4. The molecule has 1 fully saturated rings. The minimum Gasteiger partial charge on any atom is -0.468 e. The summed E-state index contributed by atoms with van der Waals surface area (Å²) in [7, 11) is 1.47. The maximum Gasteiger partial charge on any atom is 0.327 e. The summed E-state index contributed by atoms with van der Waals surface area (Å²) in [5, 5.41) is 3.45. The van der Waals surface area contributed by atoms with E-state index in [2.05, 4.69) is 24.1 Å². The Kier molecular flexibility index (Phi) is 6.09. The Labute approximate surface area is 111 Å². The van der Waals surface area contributed by atoms with E-state index >= 15 is 0 Å². The number of esters is 1. The summed E-state index contributed by atoms with van der Waals surface area (Å²) in [4.78, 5) is 14.4. The molecule has 0 saturated heterocycles. The van der Waals surface area contributed by atoms with E-state index in [1.165, 1.54) is 20.0 Å². The number of rotatable bonds is 9. The molecule has 106 valence electrons. The van der Waals surface area contributed by atoms with Gasteiger partial charge in [0.25, 0.3) is 0 Å². The van der Waals surface area contributed by atoms with Crippen molar-refractivity contribution in [1.29, 1.82) is 0 Å². The summed E-state index contributed by atoms with van der Waals surface area (Å²) >= 11 is 0. The first-order valence-electron chi connectivity index (χ1n) is 7.14. The average Bonchev–Trinajstić information content (AvgIpc) is 3.12. The SMILES string of the molecule is CCCN(CCC)CC(C)(NC1CC1)C(=O)OC. The van der Waals surface area contributed by atoms with Gasteiger partial charge in [-0.1, -0.05) is 13.8 Å². The molecule has 4 heteroatoms. The molecule has 1 aliphatic carbocycles. The van der Waals surface area contributed by atoms with Crippen molar-refractivity contribution < 1.29 is 9.53 Å². The number of nitrogens with zero attached hydrogens (tertiary/aromatic N) is 1. The highest BCUT2D eigenvalue weighted by Crippen LogP contribution is 2.23. The minimum absolute atomic E-state index is 0.147. The third kappa shape index (κ3) is 4.58. The van der Waals surface area contributed by atoms with Crippen LogP contribution in [0.4, 0.5) is 0 Å². The van der Waals surface area contributed by atoms with Crippen LogP contribution in [-0.2, 0) is 9.53 Å². The van der Waals surface area contributed by atoms with Crippen LogP contribution in [0, 0.1) is 0 Å². The summed E-state index contributed by atoms with van der Waals surface area (Å²) in [6.45, 7) is 9.12. The molecule has 0 aromatic rings. The molecule has 18 heavy (non-hydrogen) atoms. The lowest BCUT2D eigenvalue weighted by molar-refractivity contribution is -0.149. The molecular formula is C14H28N2O2. The first kappa shape index (κ1) is 15.4. The van der Waals surface area contributed by atoms with E-state index in [0.29, 0.717) is 6.04 Å². The van der Waals surface area contributed by atoms with Crippen LogP contribution in [-0.4, -0.2) is 49.2 Å². The van der Waals surface area contributed by atoms with E-state index in [0.717, 1.165) is 32.5 Å². The lowest BCUT2D eigenvalue weighted by atomic mass is 10.0. The fourth-order valence-electron chi connectivity index (χ4n) is 2.42. The Balaban J connectivity index is 2.64. The van der Waals surface area contributed by atoms with Crippen molar-refractivity contribution in [1.82, 2.24) is 10.2 Å². The van der Waals surface area contributed by atoms with Gasteiger partial charge in [0.15, 0.2) is 0 Å². The number of hydrogen-bond donors (Lipinski definition) is 1. The van der Waals surface area contributed by atoms with E-state index in [9.17, 15) is 4.79 Å². The van der Waals surface area contributed by atoms with Crippen LogP contribution in [0.2, 0.25) is 0 Å². The van der Waals surface area contributed by atoms with Crippen molar-refractivity contribution in [2.45, 2.75) is 58.0 Å². The molecule has 0 aromatic heterocycles. The zero-order chi connectivity index (χ0) is 13.6. The molecule has 1 saturated carbocycles. The molecule has 0 aromatic carbocycles. The zero-order valence-electron chi connectivity index (χ0n) is 12.3. The minimum atomic E-state index is -0.569. The van der Waals surface area contributed by atoms with Crippen LogP contribution in [0.3, 0.4) is 0 Å². The van der Waals surface area contributed by atoms with Crippen LogP contribution in [0.15, 0.2) is 0 Å². The van der Waals surface area contributed by atoms with Gasteiger partial charge in [0.05, 0.1) is 7.11 Å². The number of ether oxygens (including phenoxy) is 1. The van der Waals surface area contributed by atoms with E-state index in [1.54, 1.807) is 0 Å². The van der Waals surface area contributed by atoms with Gasteiger partial charge in [0.1, 0.15) is 5.54 Å². The number of nitrogens with one attached hydrogen (secondary N) is 1. The van der Waals surface area contributed by atoms with E-state index < -0.39 is 5.54 Å². The van der Waals surface area contributed by atoms with E-state index in [-0.39, 0.29) is 5.97 Å². The van der Waals surface area contributed by atoms with Crippen molar-refractivity contribution >= 4 is 5.97 Å². The number of carbonyl (C=O) groups is 1. The fourth-order valence-corrected chi connectivity index (χ4v) is 2.42. The first-order chi connectivity index (χ1) is 8.55. The molecule has 0 spiro atoms. The van der Waals surface area contributed by atoms with Gasteiger partial charge in [-0.2, -0.15) is 0 Å². The average molecular weight is 256 g/mol. The maximum absolute atomic E-state index is 12.0. The molecule has 1 N–H and O–H groups in total. The van der Waals surface area contributed by atoms with Crippen LogP contribution in [0.5, 0.6) is 0 Å². The maximum atomic E-state index is 12.0. The molecule has 1 atom stereocenters. The summed E-state index contributed by atoms with van der Waals surface area (Å²) < 4.78 is 4.97. The molecule has 0 aliphatic heterocycles. The molecule has 0 bridgehead atoms. The number of carbonyl (C=O) groups excluding carboxylic acids is 1. The van der Waals surface area contributed by atoms with Crippen LogP contribution >= 0.6 is 0 Å². The molecule has 0 heterocycles. The van der Waals surface area contributed by atoms with Crippen LogP contribution in [0.25, 0.3) is 0 Å². The summed E-state index contributed by atoms with van der Waals surface area (Å²) in [5.41, 5.74) is -0.569. The largest absolute Gasteiger partial charge is 0.468 e. The van der Waals surface area contributed by atoms with Crippen molar-refractivity contribution in [3.63, 3.8) is 0 Å². The summed E-state index contributed by atoms with van der Waals surface area (Å²) in [6.07, 6.45) is 4.57. The first-order valence-corrected chi connectivity index (χ1v) is 7.14. The topological polar surface area (TPSA) is 41.6 Å². The Morgan fingerprint density at radius 2 is 1.89 bits per heavy atom. The van der Waals surface area contributed by atoms with Crippen molar-refractivity contribution in [3.8, 4) is 0 Å². The van der Waals surface area contributed by atoms with E-state index in [4.69, 9.17) is 4.74 Å². The van der Waals surface area contributed by atoms with Gasteiger partial charge in [-0.15, -0.1) is 0 Å². The second-order valence-electron chi connectivity index (χ2n) is 5.52. The molecule has 1 rings (SSSR count). The molecule has 1 unspecified atom stereocenters. The number of methoxy groups -OCH3 is 1. The highest BCUT2D eigenvalue weighted by atomic mass is 16.5. The van der Waals surface area contributed by atoms with Crippen LogP contribution < -0.4 is 5.32 Å². The predicted octanol–water partition coefficient (Wildman–Crippen LogP) is 1.79. The lowest BCUT2D eigenvalue weighted by Crippen LogP contribution is -2.58. The third-order valence-electron chi connectivity index (χ3n) is 3.36. The Morgan fingerprint density at radius 3 is 2.28 bits per heavy atom. The van der Waals surface area contributed by atoms with Gasteiger partial charge in [-0.05, 0) is 45.7 Å². The standard InChI is InChI=1S/C14H28N2O2/c1-5-9-16(10-6-2)11-14(3,13(17)18-4)15-12-7-8-12/h12,15H,5-11H2,1-4H3. The highest BCUT2D eigenvalue weighted by Gasteiger charge is 2.40. The van der Waals surface area contributed by atoms with Gasteiger partial charge < -0.3 is 9.64 Å². The lowest BCUT2D eigenvalue weighted by Gasteiger charge is -2.34. The van der Waals surface area contributed by atoms with Crippen LogP contribution in [0.1, 0.15) is 46.5 Å². The Morgan fingerprint density at radius 1 is 1.33 bits per heavy atom. The highest BCUT2D eigenvalue weighted by molar-refractivity contribution is 5.80. The molecule has 0 amide bonds. The van der Waals surface area contributed by atoms with E-state index in [1.807, 2.05) is 6.92 Å². The van der Waals surface area contributed by atoms with Crippen molar-refractivity contribution in [2.75, 3.05) is 26.7 Å². The monoisotopic (exact) mass is 256 g/mol. The van der Waals surface area contributed by atoms with Crippen molar-refractivity contribution in [3.05, 3.63) is 0 Å². The van der Waals surface area contributed by atoms with Gasteiger partial charge in [0, 0.05) is 12.6 Å². The molecule has 0 radical (unpaired) electrons. The second-order valence-corrected chi connectivity index (χ2v) is 5.52. The molecular weight excluding hydrogens is 228 g/mol. The molecule has 4 nitrogen and oxygen atoms in total.